The van der Waals surface area contributed by atoms with Crippen molar-refractivity contribution < 1.29 is 9.13 Å². The van der Waals surface area contributed by atoms with Crippen LogP contribution < -0.4 is 4.74 Å². The first-order chi connectivity index (χ1) is 6.83. The monoisotopic (exact) mass is 209 g/mol. The van der Waals surface area contributed by atoms with Gasteiger partial charge in [0.1, 0.15) is 5.01 Å². The van der Waals surface area contributed by atoms with Gasteiger partial charge in [0.05, 0.1) is 12.7 Å². The summed E-state index contributed by atoms with van der Waals surface area (Å²) in [6.07, 6.45) is 1.65. The van der Waals surface area contributed by atoms with E-state index >= 15 is 0 Å². The van der Waals surface area contributed by atoms with E-state index in [2.05, 4.69) is 4.98 Å². The molecule has 4 heteroatoms. The van der Waals surface area contributed by atoms with Crippen molar-refractivity contribution in [1.29, 1.82) is 0 Å². The highest BCUT2D eigenvalue weighted by Gasteiger charge is 2.11. The van der Waals surface area contributed by atoms with Crippen LogP contribution in [0.4, 0.5) is 4.39 Å². The number of ether oxygens (including phenoxy) is 1. The Bertz CT molecular complexity index is 428. The highest BCUT2D eigenvalue weighted by Crippen LogP contribution is 2.29. The van der Waals surface area contributed by atoms with E-state index in [0.717, 1.165) is 0 Å². The number of rotatable bonds is 2. The van der Waals surface area contributed by atoms with Gasteiger partial charge < -0.3 is 4.74 Å². The third-order valence-corrected chi connectivity index (χ3v) is 2.65. The molecule has 0 atom stereocenters. The molecule has 0 unspecified atom stereocenters. The molecule has 2 rings (SSSR count). The molecule has 1 aromatic heterocycles. The van der Waals surface area contributed by atoms with Crippen molar-refractivity contribution >= 4 is 11.3 Å². The number of thiazole rings is 1. The van der Waals surface area contributed by atoms with Gasteiger partial charge in [0.2, 0.25) is 0 Å². The normalized spacial score (nSPS) is 10.1. The third kappa shape index (κ3) is 1.48. The van der Waals surface area contributed by atoms with Gasteiger partial charge in [-0.15, -0.1) is 11.3 Å². The number of aromatic nitrogens is 1. The fourth-order valence-electron chi connectivity index (χ4n) is 1.19. The number of benzene rings is 1. The highest BCUT2D eigenvalue weighted by molar-refractivity contribution is 7.13. The Morgan fingerprint density at radius 2 is 2.29 bits per heavy atom. The van der Waals surface area contributed by atoms with Gasteiger partial charge in [0.25, 0.3) is 0 Å². The largest absolute Gasteiger partial charge is 0.494 e. The lowest BCUT2D eigenvalue weighted by atomic mass is 10.2. The van der Waals surface area contributed by atoms with E-state index < -0.39 is 0 Å². The topological polar surface area (TPSA) is 22.1 Å². The maximum Gasteiger partial charge on any atom is 0.175 e. The smallest absolute Gasteiger partial charge is 0.175 e. The SMILES string of the molecule is COc1cccc(-c2nccs2)c1F. The van der Waals surface area contributed by atoms with Crippen LogP contribution in [0.3, 0.4) is 0 Å². The lowest BCUT2D eigenvalue weighted by Gasteiger charge is -2.04. The fourth-order valence-corrected chi connectivity index (χ4v) is 1.85. The average Bonchev–Trinajstić information content (AvgIpc) is 2.71. The van der Waals surface area contributed by atoms with Crippen LogP contribution in [0.2, 0.25) is 0 Å². The first-order valence-corrected chi connectivity index (χ1v) is 4.93. The quantitative estimate of drug-likeness (QED) is 0.758. The Morgan fingerprint density at radius 1 is 1.43 bits per heavy atom. The summed E-state index contributed by atoms with van der Waals surface area (Å²) >= 11 is 1.40. The van der Waals surface area contributed by atoms with Crippen molar-refractivity contribution in [3.63, 3.8) is 0 Å². The van der Waals surface area contributed by atoms with Crippen LogP contribution >= 0.6 is 11.3 Å². The predicted molar refractivity (Wildman–Crippen MR) is 54.1 cm³/mol. The zero-order valence-corrected chi connectivity index (χ0v) is 8.34. The van der Waals surface area contributed by atoms with Crippen LogP contribution in [-0.4, -0.2) is 12.1 Å². The molecule has 72 valence electrons. The number of hydrogen-bond acceptors (Lipinski definition) is 3. The maximum atomic E-state index is 13.7. The summed E-state index contributed by atoms with van der Waals surface area (Å²) in [6, 6.07) is 5.03. The second-order valence-corrected chi connectivity index (χ2v) is 3.55. The minimum Gasteiger partial charge on any atom is -0.494 e. The van der Waals surface area contributed by atoms with E-state index in [1.54, 1.807) is 24.4 Å². The molecular weight excluding hydrogens is 201 g/mol. The molecule has 0 radical (unpaired) electrons. The molecular formula is C10H8FNOS. The summed E-state index contributed by atoms with van der Waals surface area (Å²) in [5, 5.41) is 2.48. The van der Waals surface area contributed by atoms with Gasteiger partial charge in [-0.25, -0.2) is 9.37 Å². The summed E-state index contributed by atoms with van der Waals surface area (Å²) in [6.45, 7) is 0. The second kappa shape index (κ2) is 3.75. The van der Waals surface area contributed by atoms with E-state index in [1.165, 1.54) is 18.4 Å². The summed E-state index contributed by atoms with van der Waals surface area (Å²) in [7, 11) is 1.45. The number of nitrogens with zero attached hydrogens (tertiary/aromatic N) is 1. The van der Waals surface area contributed by atoms with Crippen molar-refractivity contribution in [1.82, 2.24) is 4.98 Å². The summed E-state index contributed by atoms with van der Waals surface area (Å²) in [5.74, 6) is -0.109. The number of halogens is 1. The lowest BCUT2D eigenvalue weighted by molar-refractivity contribution is 0.387. The Kier molecular flexibility index (Phi) is 2.45. The van der Waals surface area contributed by atoms with Gasteiger partial charge in [-0.1, -0.05) is 6.07 Å². The molecule has 0 aliphatic carbocycles. The van der Waals surface area contributed by atoms with E-state index in [0.29, 0.717) is 10.6 Å². The molecule has 0 spiro atoms. The predicted octanol–water partition coefficient (Wildman–Crippen LogP) is 2.96. The minimum absolute atomic E-state index is 0.248. The van der Waals surface area contributed by atoms with Crippen LogP contribution in [0, 0.1) is 5.82 Å². The molecule has 0 aliphatic heterocycles. The van der Waals surface area contributed by atoms with E-state index in [-0.39, 0.29) is 11.6 Å². The van der Waals surface area contributed by atoms with Crippen molar-refractivity contribution in [3.05, 3.63) is 35.6 Å². The van der Waals surface area contributed by atoms with Crippen molar-refractivity contribution in [2.75, 3.05) is 7.11 Å². The Labute approximate surface area is 85.0 Å². The molecule has 0 amide bonds. The Morgan fingerprint density at radius 3 is 2.93 bits per heavy atom. The van der Waals surface area contributed by atoms with Gasteiger partial charge in [-0.3, -0.25) is 0 Å². The molecule has 0 saturated carbocycles. The highest BCUT2D eigenvalue weighted by atomic mass is 32.1. The standard InChI is InChI=1S/C10H8FNOS/c1-13-8-4-2-3-7(9(8)11)10-12-5-6-14-10/h2-6H,1H3. The van der Waals surface area contributed by atoms with E-state index in [4.69, 9.17) is 4.74 Å². The molecule has 2 aromatic rings. The first-order valence-electron chi connectivity index (χ1n) is 4.05. The molecule has 1 heterocycles. The van der Waals surface area contributed by atoms with Crippen LogP contribution in [0.5, 0.6) is 5.75 Å². The van der Waals surface area contributed by atoms with Gasteiger partial charge in [0, 0.05) is 11.6 Å². The molecule has 0 saturated heterocycles. The summed E-state index contributed by atoms with van der Waals surface area (Å²) in [5.41, 5.74) is 0.486. The van der Waals surface area contributed by atoms with E-state index in [9.17, 15) is 4.39 Å². The van der Waals surface area contributed by atoms with Gasteiger partial charge in [-0.2, -0.15) is 0 Å². The number of methoxy groups -OCH3 is 1. The molecule has 2 nitrogen and oxygen atoms in total. The Balaban J connectivity index is 2.54. The Hall–Kier alpha value is -1.42. The first kappa shape index (κ1) is 9.15. The van der Waals surface area contributed by atoms with Crippen LogP contribution in [0.15, 0.2) is 29.8 Å². The van der Waals surface area contributed by atoms with Crippen LogP contribution in [0.25, 0.3) is 10.6 Å². The maximum absolute atomic E-state index is 13.7. The van der Waals surface area contributed by atoms with Crippen LogP contribution in [0.1, 0.15) is 0 Å². The molecule has 14 heavy (non-hydrogen) atoms. The van der Waals surface area contributed by atoms with E-state index in [1.807, 2.05) is 5.38 Å². The molecule has 0 fully saturated rings. The van der Waals surface area contributed by atoms with Gasteiger partial charge >= 0.3 is 0 Å². The zero-order chi connectivity index (χ0) is 9.97. The third-order valence-electron chi connectivity index (χ3n) is 1.85. The summed E-state index contributed by atoms with van der Waals surface area (Å²) in [4.78, 5) is 4.05. The molecule has 0 N–H and O–H groups in total. The molecule has 0 aliphatic rings. The van der Waals surface area contributed by atoms with Gasteiger partial charge in [-0.05, 0) is 12.1 Å². The van der Waals surface area contributed by atoms with Crippen molar-refractivity contribution in [2.45, 2.75) is 0 Å². The van der Waals surface area contributed by atoms with Crippen LogP contribution in [-0.2, 0) is 0 Å². The number of hydrogen-bond donors (Lipinski definition) is 0. The average molecular weight is 209 g/mol. The van der Waals surface area contributed by atoms with Crippen molar-refractivity contribution in [2.24, 2.45) is 0 Å². The summed E-state index contributed by atoms with van der Waals surface area (Å²) < 4.78 is 18.6. The molecule has 1 aromatic carbocycles. The minimum atomic E-state index is -0.357. The zero-order valence-electron chi connectivity index (χ0n) is 7.53. The van der Waals surface area contributed by atoms with Crippen molar-refractivity contribution in [3.8, 4) is 16.3 Å². The fraction of sp³-hybridized carbons (Fsp3) is 0.100. The van der Waals surface area contributed by atoms with Gasteiger partial charge in [0.15, 0.2) is 11.6 Å². The second-order valence-electron chi connectivity index (χ2n) is 2.66. The molecule has 0 bridgehead atoms. The lowest BCUT2D eigenvalue weighted by Crippen LogP contribution is -1.90.